The van der Waals surface area contributed by atoms with Gasteiger partial charge >= 0.3 is 0 Å². The lowest BCUT2D eigenvalue weighted by Crippen LogP contribution is -2.02. The number of hydrogen-bond acceptors (Lipinski definition) is 4. The Kier molecular flexibility index (Phi) is 1.84. The fourth-order valence-corrected chi connectivity index (χ4v) is 0.490. The van der Waals surface area contributed by atoms with Crippen LogP contribution in [0.3, 0.4) is 0 Å². The Bertz CT molecular complexity index is 192. The van der Waals surface area contributed by atoms with Gasteiger partial charge in [0.15, 0.2) is 12.6 Å². The van der Waals surface area contributed by atoms with Gasteiger partial charge in [-0.05, 0) is 0 Å². The van der Waals surface area contributed by atoms with Crippen molar-refractivity contribution in [3.05, 3.63) is 24.0 Å². The number of hydrogen-bond donors (Lipinski definition) is 0. The monoisotopic (exact) mass is 140 g/mol. The largest absolute Gasteiger partial charge is 0.454 e. The van der Waals surface area contributed by atoms with Crippen LogP contribution in [-0.2, 0) is 19.1 Å². The van der Waals surface area contributed by atoms with Crippen LogP contribution in [-0.4, -0.2) is 12.6 Å². The highest BCUT2D eigenvalue weighted by Crippen LogP contribution is 2.09. The molecule has 0 N–H and O–H groups in total. The van der Waals surface area contributed by atoms with E-state index in [0.717, 1.165) is 0 Å². The molecule has 0 fully saturated rings. The van der Waals surface area contributed by atoms with E-state index in [9.17, 15) is 9.59 Å². The van der Waals surface area contributed by atoms with E-state index in [-0.39, 0.29) is 11.5 Å². The molecule has 0 aliphatic carbocycles. The second-order valence-corrected chi connectivity index (χ2v) is 1.47. The Balaban J connectivity index is 2.85. The fourth-order valence-electron chi connectivity index (χ4n) is 0.490. The van der Waals surface area contributed by atoms with Gasteiger partial charge in [-0.15, -0.1) is 0 Å². The third-order valence-electron chi connectivity index (χ3n) is 0.902. The molecule has 1 aliphatic heterocycles. The Morgan fingerprint density at radius 1 is 1.00 bits per heavy atom. The summed E-state index contributed by atoms with van der Waals surface area (Å²) in [5, 5.41) is 0. The summed E-state index contributed by atoms with van der Waals surface area (Å²) in [6, 6.07) is 0. The Morgan fingerprint density at radius 3 is 1.70 bits per heavy atom. The third kappa shape index (κ3) is 1.05. The summed E-state index contributed by atoms with van der Waals surface area (Å²) >= 11 is 0. The molecule has 1 aliphatic rings. The van der Waals surface area contributed by atoms with Crippen molar-refractivity contribution in [2.24, 2.45) is 0 Å². The number of carbonyl (C=O) groups is 2. The molecule has 0 atom stereocenters. The van der Waals surface area contributed by atoms with Gasteiger partial charge in [0.1, 0.15) is 12.5 Å². The predicted octanol–water partition coefficient (Wildman–Crippen LogP) is 0.114. The van der Waals surface area contributed by atoms with Gasteiger partial charge in [-0.3, -0.25) is 9.59 Å². The summed E-state index contributed by atoms with van der Waals surface area (Å²) in [5.74, 6) is -0.199. The highest BCUT2D eigenvalue weighted by atomic mass is 16.5. The zero-order chi connectivity index (χ0) is 7.40. The molecule has 0 saturated heterocycles. The van der Waals surface area contributed by atoms with E-state index in [4.69, 9.17) is 0 Å². The summed E-state index contributed by atoms with van der Waals surface area (Å²) in [4.78, 5) is 20.1. The lowest BCUT2D eigenvalue weighted by molar-refractivity contribution is -0.111. The lowest BCUT2D eigenvalue weighted by Gasteiger charge is -2.07. The van der Waals surface area contributed by atoms with Crippen LogP contribution in [0.25, 0.3) is 0 Å². The molecule has 0 aromatic carbocycles. The first-order chi connectivity index (χ1) is 4.88. The van der Waals surface area contributed by atoms with Gasteiger partial charge in [0.25, 0.3) is 0 Å². The maximum absolute atomic E-state index is 10.1. The smallest absolute Gasteiger partial charge is 0.212 e. The van der Waals surface area contributed by atoms with E-state index in [1.165, 1.54) is 12.5 Å². The topological polar surface area (TPSA) is 52.6 Å². The van der Waals surface area contributed by atoms with Crippen molar-refractivity contribution < 1.29 is 19.1 Å². The van der Waals surface area contributed by atoms with Crippen LogP contribution in [0.2, 0.25) is 0 Å². The maximum atomic E-state index is 10.1. The van der Waals surface area contributed by atoms with Gasteiger partial charge < -0.3 is 9.47 Å². The summed E-state index contributed by atoms with van der Waals surface area (Å²) in [7, 11) is 0. The molecule has 0 spiro atoms. The van der Waals surface area contributed by atoms with Crippen LogP contribution in [0, 0.1) is 0 Å². The molecule has 4 heteroatoms. The van der Waals surface area contributed by atoms with Crippen molar-refractivity contribution in [2.75, 3.05) is 0 Å². The highest BCUT2D eigenvalue weighted by Gasteiger charge is 2.09. The first-order valence-corrected chi connectivity index (χ1v) is 2.51. The van der Waals surface area contributed by atoms with Crippen molar-refractivity contribution in [1.29, 1.82) is 0 Å². The Labute approximate surface area is 56.7 Å². The number of aldehydes is 2. The first kappa shape index (κ1) is 6.54. The van der Waals surface area contributed by atoms with Gasteiger partial charge in [0, 0.05) is 0 Å². The Hall–Kier alpha value is -1.58. The molecule has 0 aromatic rings. The second-order valence-electron chi connectivity index (χ2n) is 1.47. The minimum atomic E-state index is -0.0995. The molecule has 0 saturated carbocycles. The molecule has 52 valence electrons. The van der Waals surface area contributed by atoms with Crippen LogP contribution in [0.1, 0.15) is 0 Å². The van der Waals surface area contributed by atoms with Gasteiger partial charge in [-0.25, -0.2) is 0 Å². The van der Waals surface area contributed by atoms with Crippen LogP contribution in [0.5, 0.6) is 0 Å². The van der Waals surface area contributed by atoms with Gasteiger partial charge in [0.05, 0.1) is 0 Å². The standard InChI is InChI=1S/C6H4O4/c7-3-5-6(4-8)10-2-1-9-5/h1-4H. The molecule has 0 amide bonds. The van der Waals surface area contributed by atoms with Crippen molar-refractivity contribution in [2.45, 2.75) is 0 Å². The maximum Gasteiger partial charge on any atom is 0.212 e. The van der Waals surface area contributed by atoms with Crippen LogP contribution < -0.4 is 0 Å². The molecule has 0 aromatic heterocycles. The normalized spacial score (nSPS) is 15.6. The van der Waals surface area contributed by atoms with Crippen LogP contribution in [0.4, 0.5) is 0 Å². The average molecular weight is 140 g/mol. The molecule has 1 heterocycles. The van der Waals surface area contributed by atoms with E-state index in [0.29, 0.717) is 12.6 Å². The zero-order valence-electron chi connectivity index (χ0n) is 4.94. The number of allylic oxidation sites excluding steroid dienone is 2. The zero-order valence-corrected chi connectivity index (χ0v) is 4.94. The molecule has 1 rings (SSSR count). The first-order valence-electron chi connectivity index (χ1n) is 2.51. The predicted molar refractivity (Wildman–Crippen MR) is 30.5 cm³/mol. The Morgan fingerprint density at radius 2 is 1.40 bits per heavy atom. The van der Waals surface area contributed by atoms with Gasteiger partial charge in [0.2, 0.25) is 11.5 Å². The number of carbonyl (C=O) groups excluding carboxylic acids is 2. The van der Waals surface area contributed by atoms with Crippen molar-refractivity contribution in [3.63, 3.8) is 0 Å². The summed E-state index contributed by atoms with van der Waals surface area (Å²) in [6.07, 6.45) is 3.17. The second kappa shape index (κ2) is 2.82. The fraction of sp³-hybridized carbons (Fsp3) is 0. The van der Waals surface area contributed by atoms with E-state index in [1.54, 1.807) is 0 Å². The quantitative estimate of drug-likeness (QED) is 0.511. The van der Waals surface area contributed by atoms with E-state index in [1.807, 2.05) is 0 Å². The SMILES string of the molecule is O=CC1=C(C=O)OC=CO1. The summed E-state index contributed by atoms with van der Waals surface area (Å²) < 4.78 is 9.21. The van der Waals surface area contributed by atoms with Crippen molar-refractivity contribution in [1.82, 2.24) is 0 Å². The summed E-state index contributed by atoms with van der Waals surface area (Å²) in [6.45, 7) is 0. The molecule has 0 radical (unpaired) electrons. The molecule has 0 bridgehead atoms. The molecular formula is C6H4O4. The van der Waals surface area contributed by atoms with Gasteiger partial charge in [-0.1, -0.05) is 0 Å². The van der Waals surface area contributed by atoms with Crippen LogP contribution in [0.15, 0.2) is 24.0 Å². The average Bonchev–Trinajstić information content (AvgIpc) is 2.04. The number of ether oxygens (including phenoxy) is 2. The third-order valence-corrected chi connectivity index (χ3v) is 0.902. The molecule has 10 heavy (non-hydrogen) atoms. The number of rotatable bonds is 2. The van der Waals surface area contributed by atoms with E-state index in [2.05, 4.69) is 9.47 Å². The minimum Gasteiger partial charge on any atom is -0.454 e. The molecular weight excluding hydrogens is 136 g/mol. The lowest BCUT2D eigenvalue weighted by atomic mass is 10.4. The van der Waals surface area contributed by atoms with Crippen molar-refractivity contribution in [3.8, 4) is 0 Å². The molecule has 4 nitrogen and oxygen atoms in total. The molecule has 0 unspecified atom stereocenters. The van der Waals surface area contributed by atoms with E-state index < -0.39 is 0 Å². The highest BCUT2D eigenvalue weighted by molar-refractivity contribution is 5.83. The van der Waals surface area contributed by atoms with Crippen LogP contribution >= 0.6 is 0 Å². The summed E-state index contributed by atoms with van der Waals surface area (Å²) in [5.41, 5.74) is 0. The van der Waals surface area contributed by atoms with Gasteiger partial charge in [-0.2, -0.15) is 0 Å². The van der Waals surface area contributed by atoms with E-state index >= 15 is 0 Å². The minimum absolute atomic E-state index is 0.0995. The van der Waals surface area contributed by atoms with Crippen molar-refractivity contribution >= 4 is 12.6 Å².